The monoisotopic (exact) mass is 316 g/mol. The van der Waals surface area contributed by atoms with Crippen molar-refractivity contribution in [3.8, 4) is 0 Å². The summed E-state index contributed by atoms with van der Waals surface area (Å²) in [5.41, 5.74) is 0.957. The van der Waals surface area contributed by atoms with E-state index in [9.17, 15) is 4.79 Å². The van der Waals surface area contributed by atoms with Gasteiger partial charge in [0.15, 0.2) is 12.4 Å². The molecule has 7 heteroatoms. The molecule has 0 amide bonds. The second-order valence-electron chi connectivity index (χ2n) is 4.95. The van der Waals surface area contributed by atoms with Crippen molar-refractivity contribution in [3.63, 3.8) is 0 Å². The molecule has 2 aromatic heterocycles. The Balaban J connectivity index is 1.76. The fraction of sp³-hybridized carbons (Fsp3) is 0.333. The first kappa shape index (κ1) is 14.6. The normalized spacial score (nSPS) is 11.0. The number of aromatic nitrogens is 4. The molecule has 114 valence electrons. The van der Waals surface area contributed by atoms with E-state index >= 15 is 0 Å². The number of aryl methyl sites for hydroxylation is 2. The lowest BCUT2D eigenvalue weighted by molar-refractivity contribution is 0.0461. The Morgan fingerprint density at radius 3 is 2.95 bits per heavy atom. The molecule has 0 fully saturated rings. The summed E-state index contributed by atoms with van der Waals surface area (Å²) in [5.74, 6) is 0.235. The van der Waals surface area contributed by atoms with Gasteiger partial charge in [-0.2, -0.15) is 0 Å². The van der Waals surface area contributed by atoms with Crippen LogP contribution in [0.1, 0.15) is 34.4 Å². The van der Waals surface area contributed by atoms with Crippen LogP contribution in [0.2, 0.25) is 0 Å². The minimum Gasteiger partial charge on any atom is -0.453 e. The fourth-order valence-electron chi connectivity index (χ4n) is 2.28. The Labute approximate surface area is 131 Å². The molecule has 0 radical (unpaired) electrons. The predicted octanol–water partition coefficient (Wildman–Crippen LogP) is 2.96. The average molecular weight is 316 g/mol. The van der Waals surface area contributed by atoms with E-state index in [4.69, 9.17) is 4.74 Å². The molecule has 3 rings (SSSR count). The van der Waals surface area contributed by atoms with E-state index in [1.807, 2.05) is 38.1 Å². The van der Waals surface area contributed by atoms with Crippen LogP contribution >= 0.6 is 11.3 Å². The van der Waals surface area contributed by atoms with Crippen LogP contribution in [0.15, 0.2) is 24.3 Å². The summed E-state index contributed by atoms with van der Waals surface area (Å²) in [4.78, 5) is 12.9. The second kappa shape index (κ2) is 6.23. The van der Waals surface area contributed by atoms with Crippen molar-refractivity contribution < 1.29 is 9.53 Å². The molecule has 0 saturated carbocycles. The number of hydrogen-bond acceptors (Lipinski definition) is 6. The van der Waals surface area contributed by atoms with E-state index in [0.29, 0.717) is 17.2 Å². The van der Waals surface area contributed by atoms with Crippen molar-refractivity contribution in [2.75, 3.05) is 0 Å². The SMILES string of the molecule is CCCn1nnnc1COC(=O)c1sc2ccccc2c1C. The largest absolute Gasteiger partial charge is 0.453 e. The zero-order valence-electron chi connectivity index (χ0n) is 12.4. The summed E-state index contributed by atoms with van der Waals surface area (Å²) in [6.07, 6.45) is 0.918. The minimum absolute atomic E-state index is 0.0829. The van der Waals surface area contributed by atoms with E-state index in [1.165, 1.54) is 11.3 Å². The average Bonchev–Trinajstić information content (AvgIpc) is 3.11. The van der Waals surface area contributed by atoms with E-state index < -0.39 is 0 Å². The van der Waals surface area contributed by atoms with Crippen LogP contribution in [0, 0.1) is 6.92 Å². The number of carbonyl (C=O) groups excluding carboxylic acids is 1. The van der Waals surface area contributed by atoms with Crippen molar-refractivity contribution in [2.45, 2.75) is 33.4 Å². The quantitative estimate of drug-likeness (QED) is 0.677. The van der Waals surface area contributed by atoms with Crippen LogP contribution in [0.25, 0.3) is 10.1 Å². The number of carbonyl (C=O) groups is 1. The Hall–Kier alpha value is -2.28. The van der Waals surface area contributed by atoms with Gasteiger partial charge in [0, 0.05) is 11.2 Å². The first-order chi connectivity index (χ1) is 10.7. The van der Waals surface area contributed by atoms with Gasteiger partial charge in [-0.25, -0.2) is 9.48 Å². The molecule has 0 unspecified atom stereocenters. The third-order valence-electron chi connectivity index (χ3n) is 3.40. The minimum atomic E-state index is -0.329. The van der Waals surface area contributed by atoms with E-state index in [0.717, 1.165) is 22.1 Å². The van der Waals surface area contributed by atoms with Crippen molar-refractivity contribution >= 4 is 27.4 Å². The smallest absolute Gasteiger partial charge is 0.349 e. The number of fused-ring (bicyclic) bond motifs is 1. The van der Waals surface area contributed by atoms with Crippen LogP contribution in [-0.2, 0) is 17.9 Å². The van der Waals surface area contributed by atoms with E-state index in [-0.39, 0.29) is 12.6 Å². The molecule has 1 aromatic carbocycles. The zero-order valence-corrected chi connectivity index (χ0v) is 13.3. The Morgan fingerprint density at radius 2 is 2.18 bits per heavy atom. The molecule has 0 aliphatic rings. The predicted molar refractivity (Wildman–Crippen MR) is 83.8 cm³/mol. The van der Waals surface area contributed by atoms with Gasteiger partial charge in [-0.05, 0) is 40.8 Å². The molecule has 0 aliphatic carbocycles. The molecule has 22 heavy (non-hydrogen) atoms. The molecule has 0 N–H and O–H groups in total. The Bertz CT molecular complexity index is 809. The van der Waals surface area contributed by atoms with Crippen molar-refractivity contribution in [1.82, 2.24) is 20.2 Å². The van der Waals surface area contributed by atoms with Gasteiger partial charge in [0.2, 0.25) is 0 Å². The molecule has 3 aromatic rings. The van der Waals surface area contributed by atoms with Gasteiger partial charge in [-0.3, -0.25) is 0 Å². The highest BCUT2D eigenvalue weighted by Crippen LogP contribution is 2.31. The van der Waals surface area contributed by atoms with Crippen LogP contribution in [0.3, 0.4) is 0 Å². The van der Waals surface area contributed by atoms with Crippen molar-refractivity contribution in [2.24, 2.45) is 0 Å². The summed E-state index contributed by atoms with van der Waals surface area (Å²) in [7, 11) is 0. The van der Waals surface area contributed by atoms with Crippen LogP contribution in [0.4, 0.5) is 0 Å². The number of hydrogen-bond donors (Lipinski definition) is 0. The molecule has 0 saturated heterocycles. The molecule has 0 bridgehead atoms. The van der Waals surface area contributed by atoms with E-state index in [1.54, 1.807) is 4.68 Å². The first-order valence-electron chi connectivity index (χ1n) is 7.11. The highest BCUT2D eigenvalue weighted by Gasteiger charge is 2.17. The second-order valence-corrected chi connectivity index (χ2v) is 6.00. The number of thiophene rings is 1. The third-order valence-corrected chi connectivity index (χ3v) is 4.66. The first-order valence-corrected chi connectivity index (χ1v) is 7.92. The lowest BCUT2D eigenvalue weighted by atomic mass is 10.1. The highest BCUT2D eigenvalue weighted by atomic mass is 32.1. The van der Waals surface area contributed by atoms with Gasteiger partial charge in [0.1, 0.15) is 4.88 Å². The zero-order chi connectivity index (χ0) is 15.5. The summed E-state index contributed by atoms with van der Waals surface area (Å²) in [6.45, 7) is 4.77. The van der Waals surface area contributed by atoms with Gasteiger partial charge in [0.25, 0.3) is 0 Å². The molecule has 6 nitrogen and oxygen atoms in total. The molecular formula is C15H16N4O2S. The van der Waals surface area contributed by atoms with Crippen LogP contribution < -0.4 is 0 Å². The lowest BCUT2D eigenvalue weighted by Gasteiger charge is -2.04. The van der Waals surface area contributed by atoms with Gasteiger partial charge in [-0.15, -0.1) is 16.4 Å². The summed E-state index contributed by atoms with van der Waals surface area (Å²) >= 11 is 1.45. The van der Waals surface area contributed by atoms with E-state index in [2.05, 4.69) is 15.5 Å². The summed E-state index contributed by atoms with van der Waals surface area (Å²) in [6, 6.07) is 7.95. The maximum absolute atomic E-state index is 12.3. The molecule has 2 heterocycles. The summed E-state index contributed by atoms with van der Waals surface area (Å²) < 4.78 is 8.12. The Kier molecular flexibility index (Phi) is 4.15. The van der Waals surface area contributed by atoms with Gasteiger partial charge in [-0.1, -0.05) is 25.1 Å². The van der Waals surface area contributed by atoms with Crippen molar-refractivity contribution in [1.29, 1.82) is 0 Å². The topological polar surface area (TPSA) is 69.9 Å². The number of benzene rings is 1. The standard InChI is InChI=1S/C15H16N4O2S/c1-3-8-19-13(16-17-18-19)9-21-15(20)14-10(2)11-6-4-5-7-12(11)22-14/h4-7H,3,8-9H2,1-2H3. The lowest BCUT2D eigenvalue weighted by Crippen LogP contribution is -2.10. The molecule has 0 aliphatic heterocycles. The van der Waals surface area contributed by atoms with Crippen LogP contribution in [0.5, 0.6) is 0 Å². The number of ether oxygens (including phenoxy) is 1. The molecule has 0 spiro atoms. The molecular weight excluding hydrogens is 300 g/mol. The van der Waals surface area contributed by atoms with Gasteiger partial charge < -0.3 is 4.74 Å². The highest BCUT2D eigenvalue weighted by molar-refractivity contribution is 7.21. The molecule has 0 atom stereocenters. The fourth-order valence-corrected chi connectivity index (χ4v) is 3.38. The summed E-state index contributed by atoms with van der Waals surface area (Å²) in [5, 5.41) is 12.5. The van der Waals surface area contributed by atoms with Crippen molar-refractivity contribution in [3.05, 3.63) is 40.5 Å². The number of tetrazole rings is 1. The maximum Gasteiger partial charge on any atom is 0.349 e. The van der Waals surface area contributed by atoms with Gasteiger partial charge >= 0.3 is 5.97 Å². The number of esters is 1. The maximum atomic E-state index is 12.3. The van der Waals surface area contributed by atoms with Crippen LogP contribution in [-0.4, -0.2) is 26.2 Å². The number of nitrogens with zero attached hydrogens (tertiary/aromatic N) is 4. The number of rotatable bonds is 5. The Morgan fingerprint density at radius 1 is 1.36 bits per heavy atom. The third kappa shape index (κ3) is 2.71. The van der Waals surface area contributed by atoms with Gasteiger partial charge in [0.05, 0.1) is 0 Å².